The molecule has 1 rings (SSSR count). The van der Waals surface area contributed by atoms with E-state index in [2.05, 4.69) is 6.58 Å². The highest BCUT2D eigenvalue weighted by Gasteiger charge is 2.04. The second kappa shape index (κ2) is 8.29. The molecule has 0 bridgehead atoms. The van der Waals surface area contributed by atoms with Crippen LogP contribution in [0.2, 0.25) is 0 Å². The lowest BCUT2D eigenvalue weighted by Gasteiger charge is -2.15. The van der Waals surface area contributed by atoms with E-state index in [1.807, 2.05) is 0 Å². The van der Waals surface area contributed by atoms with Gasteiger partial charge in [0.25, 0.3) is 5.24 Å². The van der Waals surface area contributed by atoms with Gasteiger partial charge in [-0.15, -0.1) is 6.58 Å². The van der Waals surface area contributed by atoms with Gasteiger partial charge in [-0.3, -0.25) is 14.4 Å². The fourth-order valence-electron chi connectivity index (χ4n) is 1.27. The van der Waals surface area contributed by atoms with Crippen LogP contribution in [0.25, 0.3) is 0 Å². The maximum atomic E-state index is 10.7. The van der Waals surface area contributed by atoms with Crippen molar-refractivity contribution in [2.24, 2.45) is 0 Å². The van der Waals surface area contributed by atoms with Crippen molar-refractivity contribution in [3.05, 3.63) is 42.5 Å². The van der Waals surface area contributed by atoms with Gasteiger partial charge in [-0.1, -0.05) is 18.2 Å². The fraction of sp³-hybridized carbons (Fsp3) is 0.231. The molecule has 0 aliphatic rings. The predicted molar refractivity (Wildman–Crippen MR) is 70.6 cm³/mol. The summed E-state index contributed by atoms with van der Waals surface area (Å²) in [5.41, 5.74) is 0.862. The second-order valence-electron chi connectivity index (χ2n) is 3.55. The summed E-state index contributed by atoms with van der Waals surface area (Å²) in [7, 11) is 0. The van der Waals surface area contributed by atoms with Crippen LogP contribution in [-0.4, -0.2) is 29.9 Å². The van der Waals surface area contributed by atoms with Gasteiger partial charge in [-0.2, -0.15) is 0 Å². The van der Waals surface area contributed by atoms with Crippen molar-refractivity contribution < 1.29 is 19.2 Å². The third kappa shape index (κ3) is 6.03. The topological polar surface area (TPSA) is 55.8 Å². The largest absolute Gasteiger partial charge is 0.484 e. The average Bonchev–Trinajstić information content (AvgIpc) is 2.42. The molecule has 0 aliphatic carbocycles. The molecule has 0 fully saturated rings. The first-order valence-electron chi connectivity index (χ1n) is 5.51. The molecule has 0 radical (unpaired) electrons. The van der Waals surface area contributed by atoms with E-state index in [-0.39, 0.29) is 13.2 Å². The summed E-state index contributed by atoms with van der Waals surface area (Å²) >= 11 is 5.16. The Balaban J connectivity index is 2.52. The Hall–Kier alpha value is -1.85. The molecule has 102 valence electrons. The minimum Gasteiger partial charge on any atom is -0.484 e. The monoisotopic (exact) mass is 283 g/mol. The lowest BCUT2D eigenvalue weighted by atomic mass is 10.2. The summed E-state index contributed by atoms with van der Waals surface area (Å²) in [6.45, 7) is 3.89. The van der Waals surface area contributed by atoms with Crippen molar-refractivity contribution >= 4 is 23.3 Å². The highest BCUT2D eigenvalue weighted by molar-refractivity contribution is 6.63. The van der Waals surface area contributed by atoms with E-state index in [0.717, 1.165) is 5.56 Å². The number of ether oxygens (including phenoxy) is 1. The minimum atomic E-state index is -0.561. The van der Waals surface area contributed by atoms with Crippen LogP contribution in [0.15, 0.2) is 36.9 Å². The number of halogens is 1. The van der Waals surface area contributed by atoms with Crippen LogP contribution in [0.1, 0.15) is 5.56 Å². The van der Waals surface area contributed by atoms with Gasteiger partial charge in [0.15, 0.2) is 6.61 Å². The SMILES string of the molecule is C=CCON(C=O)Cc1ccc(OCC(=O)Cl)cc1. The van der Waals surface area contributed by atoms with E-state index in [0.29, 0.717) is 18.7 Å². The summed E-state index contributed by atoms with van der Waals surface area (Å²) in [5, 5.41) is 0.605. The van der Waals surface area contributed by atoms with Crippen molar-refractivity contribution in [3.8, 4) is 5.75 Å². The zero-order valence-corrected chi connectivity index (χ0v) is 11.0. The maximum absolute atomic E-state index is 10.7. The number of carbonyl (C=O) groups is 2. The summed E-state index contributed by atoms with van der Waals surface area (Å²) in [6, 6.07) is 6.90. The molecule has 1 aromatic rings. The Labute approximate surface area is 116 Å². The van der Waals surface area contributed by atoms with Gasteiger partial charge >= 0.3 is 0 Å². The molecule has 0 atom stereocenters. The first-order valence-corrected chi connectivity index (χ1v) is 5.89. The minimum absolute atomic E-state index is 0.177. The Morgan fingerprint density at radius 1 is 1.37 bits per heavy atom. The Bertz CT molecular complexity index is 433. The molecule has 6 heteroatoms. The molecule has 0 unspecified atom stereocenters. The fourth-order valence-corrected chi connectivity index (χ4v) is 1.33. The molecule has 0 N–H and O–H groups in total. The zero-order chi connectivity index (χ0) is 14.1. The molecule has 0 saturated heterocycles. The molecular weight excluding hydrogens is 270 g/mol. The first-order chi connectivity index (χ1) is 9.15. The predicted octanol–water partition coefficient (Wildman–Crippen LogP) is 1.91. The summed E-state index contributed by atoms with van der Waals surface area (Å²) in [4.78, 5) is 26.4. The van der Waals surface area contributed by atoms with Crippen molar-refractivity contribution in [3.63, 3.8) is 0 Å². The lowest BCUT2D eigenvalue weighted by Crippen LogP contribution is -2.21. The Morgan fingerprint density at radius 3 is 2.58 bits per heavy atom. The maximum Gasteiger partial charge on any atom is 0.259 e. The van der Waals surface area contributed by atoms with Crippen LogP contribution in [0, 0.1) is 0 Å². The summed E-state index contributed by atoms with van der Waals surface area (Å²) < 4.78 is 5.11. The molecule has 1 amide bonds. The Morgan fingerprint density at radius 2 is 2.05 bits per heavy atom. The van der Waals surface area contributed by atoms with Gasteiger partial charge in [0.2, 0.25) is 6.41 Å². The summed E-state index contributed by atoms with van der Waals surface area (Å²) in [5.74, 6) is 0.530. The van der Waals surface area contributed by atoms with E-state index in [1.165, 1.54) is 5.06 Å². The van der Waals surface area contributed by atoms with Gasteiger partial charge in [0, 0.05) is 0 Å². The van der Waals surface area contributed by atoms with Crippen LogP contribution < -0.4 is 4.74 Å². The molecular formula is C13H14ClNO4. The number of hydrogen-bond donors (Lipinski definition) is 0. The van der Waals surface area contributed by atoms with E-state index in [1.54, 1.807) is 30.3 Å². The lowest BCUT2D eigenvalue weighted by molar-refractivity contribution is -0.170. The van der Waals surface area contributed by atoms with E-state index in [4.69, 9.17) is 21.2 Å². The number of hydrogen-bond acceptors (Lipinski definition) is 4. The smallest absolute Gasteiger partial charge is 0.259 e. The molecule has 19 heavy (non-hydrogen) atoms. The van der Waals surface area contributed by atoms with Gasteiger partial charge in [0.05, 0.1) is 13.2 Å². The van der Waals surface area contributed by atoms with Crippen LogP contribution in [0.4, 0.5) is 0 Å². The number of benzene rings is 1. The molecule has 1 aromatic carbocycles. The zero-order valence-electron chi connectivity index (χ0n) is 10.3. The van der Waals surface area contributed by atoms with Crippen LogP contribution in [-0.2, 0) is 21.0 Å². The first kappa shape index (κ1) is 15.2. The molecule has 0 aromatic heterocycles. The third-order valence-electron chi connectivity index (χ3n) is 2.09. The molecule has 5 nitrogen and oxygen atoms in total. The number of carbonyl (C=O) groups excluding carboxylic acids is 2. The van der Waals surface area contributed by atoms with Crippen molar-refractivity contribution in [2.75, 3.05) is 13.2 Å². The molecule has 0 heterocycles. The standard InChI is InChI=1S/C13H14ClNO4/c1-2-7-19-15(10-16)8-11-3-5-12(6-4-11)18-9-13(14)17/h2-6,10H,1,7-9H2. The highest BCUT2D eigenvalue weighted by Crippen LogP contribution is 2.13. The van der Waals surface area contributed by atoms with Crippen LogP contribution >= 0.6 is 11.6 Å². The van der Waals surface area contributed by atoms with E-state index in [9.17, 15) is 9.59 Å². The average molecular weight is 284 g/mol. The van der Waals surface area contributed by atoms with E-state index < -0.39 is 5.24 Å². The quantitative estimate of drug-likeness (QED) is 0.301. The van der Waals surface area contributed by atoms with Crippen molar-refractivity contribution in [2.45, 2.75) is 6.54 Å². The summed E-state index contributed by atoms with van der Waals surface area (Å²) in [6.07, 6.45) is 2.15. The van der Waals surface area contributed by atoms with Crippen molar-refractivity contribution in [1.29, 1.82) is 0 Å². The number of nitrogens with zero attached hydrogens (tertiary/aromatic N) is 1. The van der Waals surface area contributed by atoms with Gasteiger partial charge in [-0.05, 0) is 29.3 Å². The van der Waals surface area contributed by atoms with Crippen LogP contribution in [0.3, 0.4) is 0 Å². The van der Waals surface area contributed by atoms with E-state index >= 15 is 0 Å². The number of hydroxylamine groups is 2. The van der Waals surface area contributed by atoms with Gasteiger partial charge < -0.3 is 4.74 Å². The van der Waals surface area contributed by atoms with Crippen LogP contribution in [0.5, 0.6) is 5.75 Å². The normalized spacial score (nSPS) is 9.74. The van der Waals surface area contributed by atoms with Crippen molar-refractivity contribution in [1.82, 2.24) is 5.06 Å². The number of amides is 1. The number of rotatable bonds is 9. The highest BCUT2D eigenvalue weighted by atomic mass is 35.5. The third-order valence-corrected chi connectivity index (χ3v) is 2.20. The van der Waals surface area contributed by atoms with Gasteiger partial charge in [-0.25, -0.2) is 5.06 Å². The van der Waals surface area contributed by atoms with Gasteiger partial charge in [0.1, 0.15) is 5.75 Å². The molecule has 0 aliphatic heterocycles. The Kier molecular flexibility index (Phi) is 6.63. The molecule has 0 spiro atoms. The molecule has 0 saturated carbocycles. The second-order valence-corrected chi connectivity index (χ2v) is 3.97.